The third-order valence-corrected chi connectivity index (χ3v) is 15.4. The number of rotatable bonds is 12. The summed E-state index contributed by atoms with van der Waals surface area (Å²) < 4.78 is 37.8. The molecule has 372 valence electrons. The Morgan fingerprint density at radius 1 is 0.722 bits per heavy atom. The zero-order valence-corrected chi connectivity index (χ0v) is 41.3. The molecule has 0 radical (unpaired) electrons. The van der Waals surface area contributed by atoms with Crippen LogP contribution in [0.1, 0.15) is 124 Å². The summed E-state index contributed by atoms with van der Waals surface area (Å²) in [4.78, 5) is 65.3. The van der Waals surface area contributed by atoms with Gasteiger partial charge in [-0.2, -0.15) is 0 Å². The Bertz CT molecular complexity index is 3180. The number of imidazole rings is 2. The molecule has 0 aliphatic carbocycles. The Morgan fingerprint density at radius 3 is 1.81 bits per heavy atom. The third kappa shape index (κ3) is 8.59. The van der Waals surface area contributed by atoms with E-state index in [-0.39, 0.29) is 48.1 Å². The number of hydrogen-bond acceptors (Lipinski definition) is 8. The number of ether oxygens (including phenoxy) is 1. The van der Waals surface area contributed by atoms with E-state index in [0.29, 0.717) is 63.1 Å². The van der Waals surface area contributed by atoms with Crippen LogP contribution in [0.15, 0.2) is 97.1 Å². The minimum Gasteiger partial charge on any atom is -0.453 e. The van der Waals surface area contributed by atoms with Crippen LogP contribution in [0.25, 0.3) is 22.1 Å². The van der Waals surface area contributed by atoms with Crippen molar-refractivity contribution in [3.8, 4) is 0 Å². The van der Waals surface area contributed by atoms with Crippen molar-refractivity contribution in [2.75, 3.05) is 46.3 Å². The lowest BCUT2D eigenvalue weighted by Gasteiger charge is -2.35. The van der Waals surface area contributed by atoms with Crippen molar-refractivity contribution in [1.29, 1.82) is 0 Å². The van der Waals surface area contributed by atoms with Gasteiger partial charge in [-0.3, -0.25) is 9.59 Å². The van der Waals surface area contributed by atoms with Gasteiger partial charge in [0.2, 0.25) is 11.8 Å². The van der Waals surface area contributed by atoms with Gasteiger partial charge in [-0.15, -0.1) is 0 Å². The molecule has 2 fully saturated rings. The summed E-state index contributed by atoms with van der Waals surface area (Å²) >= 11 is 0. The Labute approximate surface area is 417 Å². The zero-order chi connectivity index (χ0) is 49.8. The number of piperidine rings is 1. The van der Waals surface area contributed by atoms with Crippen molar-refractivity contribution in [2.45, 2.75) is 103 Å². The van der Waals surface area contributed by atoms with Crippen molar-refractivity contribution in [3.05, 3.63) is 143 Å². The van der Waals surface area contributed by atoms with Crippen molar-refractivity contribution in [2.24, 2.45) is 11.8 Å². The molecule has 5 atom stereocenters. The second kappa shape index (κ2) is 19.4. The van der Waals surface area contributed by atoms with Crippen LogP contribution in [0.5, 0.6) is 0 Å². The molecule has 4 aliphatic rings. The van der Waals surface area contributed by atoms with Crippen LogP contribution in [-0.2, 0) is 27.2 Å². The number of carbonyl (C=O) groups is 3. The van der Waals surface area contributed by atoms with E-state index in [1.165, 1.54) is 19.2 Å². The van der Waals surface area contributed by atoms with Crippen molar-refractivity contribution in [1.82, 2.24) is 25.3 Å². The van der Waals surface area contributed by atoms with Gasteiger partial charge in [-0.25, -0.2) is 23.5 Å². The number of hydrogen-bond donors (Lipinski definition) is 3. The Balaban J connectivity index is 0.938. The van der Waals surface area contributed by atoms with Crippen LogP contribution in [0.3, 0.4) is 0 Å². The number of halogens is 2. The first-order chi connectivity index (χ1) is 35.0. The lowest BCUT2D eigenvalue weighted by atomic mass is 10.0. The second-order valence-corrected chi connectivity index (χ2v) is 20.4. The fourth-order valence-electron chi connectivity index (χ4n) is 11.9. The summed E-state index contributed by atoms with van der Waals surface area (Å²) in [7, 11) is 1.30. The average Bonchev–Trinajstić information content (AvgIpc) is 4.23. The lowest BCUT2D eigenvalue weighted by Crippen LogP contribution is -2.42. The molecule has 0 unspecified atom stereocenters. The third-order valence-electron chi connectivity index (χ3n) is 15.4. The van der Waals surface area contributed by atoms with E-state index in [4.69, 9.17) is 14.7 Å². The Hall–Kier alpha value is -7.29. The highest BCUT2D eigenvalue weighted by molar-refractivity contribution is 5.99. The molecule has 4 aliphatic heterocycles. The average molecular weight is 974 g/mol. The molecule has 5 aromatic carbocycles. The van der Waals surface area contributed by atoms with E-state index in [2.05, 4.69) is 64.4 Å². The number of aromatic nitrogens is 4. The van der Waals surface area contributed by atoms with Crippen molar-refractivity contribution >= 4 is 62.7 Å². The minimum absolute atomic E-state index is 0.0325. The number of alkyl carbamates (subject to hydrolysis) is 1. The quantitative estimate of drug-likeness (QED) is 0.110. The normalized spacial score (nSPS) is 20.2. The molecule has 0 saturated carbocycles. The van der Waals surface area contributed by atoms with Crippen LogP contribution in [0.2, 0.25) is 0 Å². The maximum Gasteiger partial charge on any atom is 0.406 e. The molecule has 6 heterocycles. The molecular formula is C57H61F2N9O4. The molecular weight excluding hydrogens is 913 g/mol. The van der Waals surface area contributed by atoms with Gasteiger partial charge in [-0.1, -0.05) is 69.3 Å². The smallest absolute Gasteiger partial charge is 0.406 e. The first kappa shape index (κ1) is 47.1. The summed E-state index contributed by atoms with van der Waals surface area (Å²) in [6.07, 6.45) is 5.79. The molecule has 2 saturated heterocycles. The fourth-order valence-corrected chi connectivity index (χ4v) is 11.9. The number of H-pyrrole nitrogens is 2. The standard InChI is InChI=1S/C57H61F2N9O4/c1-5-34(32-60-57(71)72-4)56(70)68-47-16-10-8-14-36(47)29-51(68)55-62-43-20-18-38(27-45(43)64-55)49-22-21-48(66(49)39-30-40(58)53(41(59)31-39)65-23-11-6-12-24-65)37-17-19-42-44(26-37)63-54(61-42)50-28-35-13-7-9-15-46(35)67(50)52(69)25-33(2)3/h7-10,13-20,26-27,30-31,33-34,48-51H,5-6,11-12,21-25,28-29,32H2,1-4H3,(H,60,71)(H,61,63)(H,62,64)/t34-,48-,49-,50+,51+/m1/s1. The van der Waals surface area contributed by atoms with Crippen molar-refractivity contribution < 1.29 is 27.9 Å². The number of para-hydroxylation sites is 2. The largest absolute Gasteiger partial charge is 0.453 e. The highest BCUT2D eigenvalue weighted by atomic mass is 19.1. The summed E-state index contributed by atoms with van der Waals surface area (Å²) in [6, 6.07) is 30.0. The number of anilines is 4. The molecule has 15 heteroatoms. The number of benzene rings is 5. The number of carbonyl (C=O) groups excluding carboxylic acids is 3. The van der Waals surface area contributed by atoms with Gasteiger partial charge < -0.3 is 39.6 Å². The zero-order valence-electron chi connectivity index (χ0n) is 41.3. The second-order valence-electron chi connectivity index (χ2n) is 20.4. The highest BCUT2D eigenvalue weighted by Crippen LogP contribution is 2.50. The molecule has 72 heavy (non-hydrogen) atoms. The molecule has 7 aromatic rings. The molecule has 3 amide bonds. The monoisotopic (exact) mass is 973 g/mol. The minimum atomic E-state index is -0.591. The predicted molar refractivity (Wildman–Crippen MR) is 276 cm³/mol. The van der Waals surface area contributed by atoms with Crippen LogP contribution >= 0.6 is 0 Å². The first-order valence-corrected chi connectivity index (χ1v) is 25.6. The molecule has 0 spiro atoms. The SMILES string of the molecule is CC[C@H](CNC(=O)OC)C(=O)N1c2ccccc2C[C@H]1c1nc2ccc([C@H]3CC[C@H](c4ccc5nc([C@@H]6Cc7ccccc7N6C(=O)CC(C)C)[nH]c5c4)N3c3cc(F)c(N4CCCCC4)c(F)c3)cc2[nH]1. The van der Waals surface area contributed by atoms with E-state index in [1.807, 2.05) is 76.2 Å². The van der Waals surface area contributed by atoms with Crippen molar-refractivity contribution in [3.63, 3.8) is 0 Å². The predicted octanol–water partition coefficient (Wildman–Crippen LogP) is 11.5. The van der Waals surface area contributed by atoms with E-state index < -0.39 is 29.7 Å². The molecule has 2 aromatic heterocycles. The van der Waals surface area contributed by atoms with E-state index in [9.17, 15) is 14.4 Å². The Morgan fingerprint density at radius 2 is 1.26 bits per heavy atom. The number of aromatic amines is 2. The van der Waals surface area contributed by atoms with E-state index >= 15 is 8.78 Å². The first-order valence-electron chi connectivity index (χ1n) is 25.6. The summed E-state index contributed by atoms with van der Waals surface area (Å²) in [5.41, 5.74) is 9.42. The number of fused-ring (bicyclic) bond motifs is 4. The van der Waals surface area contributed by atoms with Gasteiger partial charge in [0.15, 0.2) is 11.6 Å². The van der Waals surface area contributed by atoms with Gasteiger partial charge in [0.05, 0.1) is 59.3 Å². The maximum absolute atomic E-state index is 16.5. The van der Waals surface area contributed by atoms with Gasteiger partial charge >= 0.3 is 6.09 Å². The van der Waals surface area contributed by atoms with E-state index in [0.717, 1.165) is 80.8 Å². The van der Waals surface area contributed by atoms with Crippen LogP contribution in [-0.4, -0.2) is 64.6 Å². The van der Waals surface area contributed by atoms with Gasteiger partial charge in [0, 0.05) is 56.0 Å². The molecule has 11 rings (SSSR count). The number of nitrogens with one attached hydrogen (secondary N) is 3. The highest BCUT2D eigenvalue weighted by Gasteiger charge is 2.41. The van der Waals surface area contributed by atoms with Gasteiger partial charge in [0.1, 0.15) is 17.3 Å². The van der Waals surface area contributed by atoms with Crippen LogP contribution in [0, 0.1) is 23.5 Å². The molecule has 13 nitrogen and oxygen atoms in total. The van der Waals surface area contributed by atoms with Crippen LogP contribution in [0.4, 0.5) is 36.3 Å². The number of amides is 3. The van der Waals surface area contributed by atoms with Gasteiger partial charge in [-0.05, 0) is 115 Å². The molecule has 0 bridgehead atoms. The summed E-state index contributed by atoms with van der Waals surface area (Å²) in [5.74, 6) is -0.125. The maximum atomic E-state index is 16.5. The van der Waals surface area contributed by atoms with Crippen LogP contribution < -0.4 is 24.9 Å². The van der Waals surface area contributed by atoms with Gasteiger partial charge in [0.25, 0.3) is 0 Å². The molecule has 3 N–H and O–H groups in total. The number of methoxy groups -OCH3 is 1. The summed E-state index contributed by atoms with van der Waals surface area (Å²) in [6.45, 7) is 7.40. The number of nitrogens with zero attached hydrogens (tertiary/aromatic N) is 6. The topological polar surface area (TPSA) is 143 Å². The summed E-state index contributed by atoms with van der Waals surface area (Å²) in [5, 5.41) is 2.71. The van der Waals surface area contributed by atoms with E-state index in [1.54, 1.807) is 0 Å². The lowest BCUT2D eigenvalue weighted by molar-refractivity contribution is -0.123. The Kier molecular flexibility index (Phi) is 12.7. The fraction of sp³-hybridized carbons (Fsp3) is 0.386.